The summed E-state index contributed by atoms with van der Waals surface area (Å²) in [6.07, 6.45) is -4.24. The van der Waals surface area contributed by atoms with Crippen LogP contribution in [0.4, 0.5) is 4.79 Å². The van der Waals surface area contributed by atoms with Gasteiger partial charge in [0.1, 0.15) is 24.9 Å². The van der Waals surface area contributed by atoms with Crippen LogP contribution in [0.2, 0.25) is 0 Å². The molecule has 16 nitrogen and oxygen atoms in total. The third-order valence-electron chi connectivity index (χ3n) is 3.93. The van der Waals surface area contributed by atoms with Gasteiger partial charge in [-0.2, -0.15) is 21.1 Å². The Morgan fingerprint density at radius 1 is 1.33 bits per heavy atom. The number of aliphatic carboxylic acids is 1. The van der Waals surface area contributed by atoms with E-state index >= 15 is 0 Å². The Balaban J connectivity index is 1.96. The lowest BCUT2D eigenvalue weighted by atomic mass is 10.1. The van der Waals surface area contributed by atoms with Crippen LogP contribution in [0.3, 0.4) is 0 Å². The van der Waals surface area contributed by atoms with Gasteiger partial charge in [0.25, 0.3) is 6.21 Å². The Hall–Kier alpha value is -2.11. The zero-order valence-electron chi connectivity index (χ0n) is 15.2. The van der Waals surface area contributed by atoms with E-state index in [9.17, 15) is 29.5 Å². The third kappa shape index (κ3) is 5.96. The van der Waals surface area contributed by atoms with Gasteiger partial charge in [-0.15, -0.1) is 4.58 Å². The number of carboxylic acid groups (broad SMARTS) is 1. The van der Waals surface area contributed by atoms with Gasteiger partial charge >= 0.3 is 26.0 Å². The highest BCUT2D eigenvalue weighted by atomic mass is 31.2. The van der Waals surface area contributed by atoms with Crippen molar-refractivity contribution < 1.29 is 57.7 Å². The van der Waals surface area contributed by atoms with Crippen LogP contribution in [0.15, 0.2) is 4.99 Å². The Morgan fingerprint density at radius 2 is 2.00 bits per heavy atom. The Labute approximate surface area is 169 Å². The van der Waals surface area contributed by atoms with Crippen molar-refractivity contribution in [1.82, 2.24) is 5.32 Å². The number of carbonyl (C=O) groups is 3. The summed E-state index contributed by atoms with van der Waals surface area (Å²) < 4.78 is 18.8. The van der Waals surface area contributed by atoms with Gasteiger partial charge in [0, 0.05) is 6.42 Å². The number of nitrogens with two attached hydrogens (primary N) is 2. The fourth-order valence-corrected chi connectivity index (χ4v) is 2.95. The van der Waals surface area contributed by atoms with Crippen LogP contribution in [-0.2, 0) is 28.1 Å². The highest BCUT2D eigenvalue weighted by Gasteiger charge is 2.52. The van der Waals surface area contributed by atoms with E-state index in [0.29, 0.717) is 0 Å². The number of amidine groups is 1. The normalized spacial score (nSPS) is 26.6. The third-order valence-corrected chi connectivity index (χ3v) is 4.91. The minimum Gasteiger partial charge on any atom is -0.603 e. The Morgan fingerprint density at radius 3 is 2.57 bits per heavy atom. The van der Waals surface area contributed by atoms with E-state index in [-0.39, 0.29) is 12.3 Å². The first kappa shape index (κ1) is 24.2. The maximum Gasteiger partial charge on any atom is 0.550 e. The number of rotatable bonds is 9. The zero-order chi connectivity index (χ0) is 22.5. The molecule has 0 spiro atoms. The minimum absolute atomic E-state index is 0.152. The molecule has 0 aromatic carbocycles. The van der Waals surface area contributed by atoms with Gasteiger partial charge in [0.2, 0.25) is 18.6 Å². The maximum absolute atomic E-state index is 12.2. The first-order chi connectivity index (χ1) is 14.1. The molecule has 8 N–H and O–H groups in total. The number of nitrogens with zero attached hydrogens (tertiary/aromatic N) is 2. The van der Waals surface area contributed by atoms with Crippen molar-refractivity contribution in [2.45, 2.75) is 37.4 Å². The van der Waals surface area contributed by atoms with Crippen molar-refractivity contribution in [2.75, 3.05) is 6.61 Å². The van der Waals surface area contributed by atoms with Crippen LogP contribution in [0.1, 0.15) is 12.8 Å². The molecule has 0 aromatic heterocycles. The molecule has 0 aromatic rings. The number of nitrogens with one attached hydrogen (secondary N) is 1. The lowest BCUT2D eigenvalue weighted by molar-refractivity contribution is -0.532. The molecule has 4 atom stereocenters. The summed E-state index contributed by atoms with van der Waals surface area (Å²) in [6, 6.07) is -0.954. The zero-order valence-corrected chi connectivity index (χ0v) is 16.1. The van der Waals surface area contributed by atoms with Crippen molar-refractivity contribution >= 4 is 38.1 Å². The number of aliphatic hydroxyl groups excluding tert-OH is 2. The number of phosphoric acid groups is 1. The predicted molar refractivity (Wildman–Crippen MR) is 92.6 cm³/mol. The largest absolute Gasteiger partial charge is 0.603 e. The molecule has 0 bridgehead atoms. The molecule has 2 aliphatic heterocycles. The van der Waals surface area contributed by atoms with E-state index in [2.05, 4.69) is 19.6 Å². The molecule has 30 heavy (non-hydrogen) atoms. The second-order valence-corrected chi connectivity index (χ2v) is 7.52. The lowest BCUT2D eigenvalue weighted by Crippen LogP contribution is -2.45. The molecule has 2 rings (SSSR count). The van der Waals surface area contributed by atoms with Crippen LogP contribution in [0, 0.1) is 6.42 Å². The van der Waals surface area contributed by atoms with E-state index in [4.69, 9.17) is 26.2 Å². The van der Waals surface area contributed by atoms with E-state index in [1.807, 2.05) is 0 Å². The molecule has 2 aliphatic rings. The highest BCUT2D eigenvalue weighted by molar-refractivity contribution is 7.53. The number of aliphatic imine (C=N–C) groups is 1. The molecule has 3 amide bonds. The molecule has 1 fully saturated rings. The van der Waals surface area contributed by atoms with Gasteiger partial charge in [0.05, 0.1) is 11.4 Å². The summed E-state index contributed by atoms with van der Waals surface area (Å²) in [4.78, 5) is 49.6. The topological polar surface area (TPSA) is 251 Å². The molecule has 0 radical (unpaired) electrons. The summed E-state index contributed by atoms with van der Waals surface area (Å²) in [5.41, 5.74) is 0. The van der Waals surface area contributed by atoms with Crippen molar-refractivity contribution in [1.29, 1.82) is 0 Å². The first-order valence-electron chi connectivity index (χ1n) is 8.24. The summed E-state index contributed by atoms with van der Waals surface area (Å²) in [7, 11) is -4.29. The molecule has 0 unspecified atom stereocenters. The average molecular weight is 453 g/mol. The molecular formula is C13H20N5O11P+2. The number of carboxylic acids is 1. The number of carbonyl (C=O) groups excluding carboxylic acids is 2. The summed E-state index contributed by atoms with van der Waals surface area (Å²) in [5, 5.41) is 31.0. The quantitative estimate of drug-likeness (QED) is 0.0845. The summed E-state index contributed by atoms with van der Waals surface area (Å²) >= 11 is 0. The second-order valence-electron chi connectivity index (χ2n) is 5.94. The van der Waals surface area contributed by atoms with Gasteiger partial charge < -0.3 is 24.9 Å². The van der Waals surface area contributed by atoms with E-state index in [1.165, 1.54) is 6.42 Å². The highest BCUT2D eigenvalue weighted by Crippen LogP contribution is 2.50. The Bertz CT molecular complexity index is 743. The van der Waals surface area contributed by atoms with Crippen molar-refractivity contribution in [3.8, 4) is 0 Å². The van der Waals surface area contributed by atoms with Gasteiger partial charge in [-0.25, -0.2) is 0 Å². The first-order valence-corrected chi connectivity index (χ1v) is 9.70. The SMILES string of the molecule is NO[P+]([O-])(ON)OC[C@H]1O[C@@H]([N+]2=C[CH+]C(NC(=O)CCC(=O)O)=NC2=O)[C@H](O)[C@@H]1O. The second kappa shape index (κ2) is 10.3. The van der Waals surface area contributed by atoms with Gasteiger partial charge in [-0.05, 0) is 0 Å². The van der Waals surface area contributed by atoms with Crippen molar-refractivity contribution in [2.24, 2.45) is 16.8 Å². The molecule has 1 saturated heterocycles. The van der Waals surface area contributed by atoms with Gasteiger partial charge in [-0.1, -0.05) is 9.25 Å². The van der Waals surface area contributed by atoms with Crippen molar-refractivity contribution in [3.63, 3.8) is 0 Å². The van der Waals surface area contributed by atoms with E-state index in [1.54, 1.807) is 0 Å². The fourth-order valence-electron chi connectivity index (χ4n) is 2.45. The maximum atomic E-state index is 12.2. The van der Waals surface area contributed by atoms with E-state index in [0.717, 1.165) is 10.8 Å². The number of amides is 3. The smallest absolute Gasteiger partial charge is 0.550 e. The van der Waals surface area contributed by atoms with Gasteiger partial charge in [-0.3, -0.25) is 14.9 Å². The van der Waals surface area contributed by atoms with Gasteiger partial charge in [0.15, 0.2) is 0 Å². The van der Waals surface area contributed by atoms with Crippen LogP contribution in [0.25, 0.3) is 0 Å². The standard InChI is InChI=1S/C13H18N5O11P/c14-28-30(25,29-15)26-5-6-10(22)11(23)12(27-6)18-4-3-7(17-13(18)24)16-8(19)1-2-9(20)21/h3-4,6,10-12,22-23H,1-2,5,14-15H2/p+2/t6-,10-,11-,12-/m1/s1. The molecular weight excluding hydrogens is 433 g/mol. The molecule has 0 aliphatic carbocycles. The lowest BCUT2D eigenvalue weighted by Gasteiger charge is -2.21. The number of ether oxygens (including phenoxy) is 1. The number of hydrogen-bond donors (Lipinski definition) is 6. The predicted octanol–water partition coefficient (Wildman–Crippen LogP) is -3.93. The minimum atomic E-state index is -4.29. The Kier molecular flexibility index (Phi) is 8.27. The monoisotopic (exact) mass is 453 g/mol. The summed E-state index contributed by atoms with van der Waals surface area (Å²) in [6.45, 7) is -0.625. The van der Waals surface area contributed by atoms with Crippen molar-refractivity contribution in [3.05, 3.63) is 6.42 Å². The van der Waals surface area contributed by atoms with Crippen LogP contribution < -0.4 is 22.0 Å². The molecule has 17 heteroatoms. The number of aliphatic hydroxyl groups is 2. The average Bonchev–Trinajstić information content (AvgIpc) is 2.99. The fraction of sp³-hybridized carbons (Fsp3) is 0.538. The summed E-state index contributed by atoms with van der Waals surface area (Å²) in [5.74, 6) is 7.47. The van der Waals surface area contributed by atoms with Crippen LogP contribution in [-0.4, -0.2) is 81.0 Å². The molecule has 2 heterocycles. The number of urea groups is 1. The van der Waals surface area contributed by atoms with E-state index < -0.39 is 63.6 Å². The van der Waals surface area contributed by atoms with Crippen LogP contribution in [0.5, 0.6) is 0 Å². The molecule has 166 valence electrons. The number of hydrogen-bond acceptors (Lipinski definition) is 12. The van der Waals surface area contributed by atoms with Crippen LogP contribution >= 0.6 is 8.17 Å². The molecule has 0 saturated carbocycles.